The van der Waals surface area contributed by atoms with Crippen molar-refractivity contribution in [2.24, 2.45) is 33.7 Å². The van der Waals surface area contributed by atoms with Crippen molar-refractivity contribution in [3.05, 3.63) is 36.0 Å². The monoisotopic (exact) mass is 543 g/mol. The Kier molecular flexibility index (Phi) is 6.75. The molecule has 1 aliphatic heterocycles. The average molecular weight is 544 g/mol. The highest BCUT2D eigenvalue weighted by Gasteiger charge is 2.75. The number of fused-ring (bicyclic) bond motifs is 5. The molecule has 0 spiro atoms. The summed E-state index contributed by atoms with van der Waals surface area (Å²) >= 11 is 0. The van der Waals surface area contributed by atoms with Crippen LogP contribution in [0, 0.1) is 28.6 Å². The normalized spacial score (nSPS) is 43.4. The Morgan fingerprint density at radius 3 is 2.54 bits per heavy atom. The van der Waals surface area contributed by atoms with Gasteiger partial charge in [0.05, 0.1) is 18.4 Å². The Balaban J connectivity index is 1.38. The Morgan fingerprint density at radius 2 is 1.87 bits per heavy atom. The minimum absolute atomic E-state index is 0.0264. The van der Waals surface area contributed by atoms with Crippen LogP contribution >= 0.6 is 0 Å². The first-order valence-electron chi connectivity index (χ1n) is 13.8. The van der Waals surface area contributed by atoms with Crippen LogP contribution in [0.3, 0.4) is 0 Å². The number of rotatable bonds is 7. The van der Waals surface area contributed by atoms with E-state index < -0.39 is 40.7 Å². The summed E-state index contributed by atoms with van der Waals surface area (Å²) in [4.78, 5) is 36.6. The summed E-state index contributed by atoms with van der Waals surface area (Å²) in [6.45, 7) is 5.47. The maximum absolute atomic E-state index is 17.3. The highest BCUT2D eigenvalue weighted by Crippen LogP contribution is 2.70. The Bertz CT molecular complexity index is 1200. The molecule has 5 rings (SSSR count). The van der Waals surface area contributed by atoms with Gasteiger partial charge < -0.3 is 20.7 Å². The van der Waals surface area contributed by atoms with Gasteiger partial charge >= 0.3 is 0 Å². The van der Waals surface area contributed by atoms with Crippen molar-refractivity contribution in [2.45, 2.75) is 70.2 Å². The predicted molar refractivity (Wildman–Crippen MR) is 141 cm³/mol. The minimum atomic E-state index is -2.00. The fourth-order valence-corrected chi connectivity index (χ4v) is 8.52. The van der Waals surface area contributed by atoms with Gasteiger partial charge in [0.15, 0.2) is 11.5 Å². The number of alkyl halides is 1. The molecule has 4 N–H and O–H groups in total. The second-order valence-corrected chi connectivity index (χ2v) is 12.3. The number of imide groups is 1. The van der Waals surface area contributed by atoms with Crippen molar-refractivity contribution in [3.8, 4) is 0 Å². The molecule has 2 amide bonds. The average Bonchev–Trinajstić information content (AvgIpc) is 3.31. The molecule has 0 radical (unpaired) electrons. The number of nitrogens with zero attached hydrogens (tertiary/aromatic N) is 2. The molecule has 3 fully saturated rings. The highest BCUT2D eigenvalue weighted by atomic mass is 19.1. The molecule has 4 aliphatic carbocycles. The summed E-state index contributed by atoms with van der Waals surface area (Å²) in [7, 11) is 0. The van der Waals surface area contributed by atoms with Crippen molar-refractivity contribution >= 4 is 23.3 Å². The van der Waals surface area contributed by atoms with Gasteiger partial charge in [0.2, 0.25) is 0 Å². The minimum Gasteiger partial charge on any atom is -0.390 e. The molecule has 0 aromatic carbocycles. The summed E-state index contributed by atoms with van der Waals surface area (Å²) in [5.41, 5.74) is -1.98. The number of halogens is 1. The molecule has 5 aliphatic rings. The molecule has 0 aromatic heterocycles. The van der Waals surface area contributed by atoms with Gasteiger partial charge in [0, 0.05) is 42.0 Å². The maximum Gasteiger partial charge on any atom is 0.253 e. The third-order valence-corrected chi connectivity index (χ3v) is 10.6. The maximum atomic E-state index is 17.3. The molecule has 3 saturated carbocycles. The van der Waals surface area contributed by atoms with Crippen LogP contribution in [0.2, 0.25) is 0 Å². The van der Waals surface area contributed by atoms with Crippen molar-refractivity contribution in [1.82, 2.24) is 10.3 Å². The third-order valence-electron chi connectivity index (χ3n) is 10.6. The second kappa shape index (κ2) is 9.45. The number of aliphatic hydroxyl groups excluding tert-OH is 2. The molecule has 0 bridgehead atoms. The molecule has 9 nitrogen and oxygen atoms in total. The lowest BCUT2D eigenvalue weighted by Crippen LogP contribution is -2.69. The van der Waals surface area contributed by atoms with E-state index >= 15 is 4.39 Å². The highest BCUT2D eigenvalue weighted by molar-refractivity contribution is 6.12. The van der Waals surface area contributed by atoms with Gasteiger partial charge in [-0.05, 0) is 63.0 Å². The van der Waals surface area contributed by atoms with Crippen LogP contribution < -0.4 is 5.43 Å². The first-order chi connectivity index (χ1) is 18.3. The van der Waals surface area contributed by atoms with Gasteiger partial charge in [0.1, 0.15) is 5.60 Å². The van der Waals surface area contributed by atoms with Gasteiger partial charge in [-0.3, -0.25) is 19.3 Å². The molecule has 10 heteroatoms. The zero-order chi connectivity index (χ0) is 28.4. The fraction of sp³-hybridized carbons (Fsp3) is 0.655. The fourth-order valence-electron chi connectivity index (χ4n) is 8.52. The van der Waals surface area contributed by atoms with E-state index in [1.165, 1.54) is 24.3 Å². The summed E-state index contributed by atoms with van der Waals surface area (Å²) in [5, 5.41) is 38.4. The SMILES string of the molecule is C[C@@H]1C[C@H]2[C@@H]3CCC4=CC(=O)C=C[C@]4(C)[C@@]3(F)[C@@H](O)C[C@]2(C)[C@@]1(O)/C(CO)=N\NCCCN1C(=O)C=CC1=O. The number of hydrogen-bond donors (Lipinski definition) is 4. The Labute approximate surface area is 227 Å². The van der Waals surface area contributed by atoms with Crippen molar-refractivity contribution < 1.29 is 34.1 Å². The van der Waals surface area contributed by atoms with E-state index in [-0.39, 0.29) is 48.1 Å². The Morgan fingerprint density at radius 1 is 1.18 bits per heavy atom. The number of hydrogen-bond acceptors (Lipinski definition) is 8. The number of amides is 2. The standard InChI is InChI=1S/C29H38FN3O6/c1-17-13-21-20-6-5-18-14-19(35)9-10-26(18,2)28(20,30)23(36)15-27(21,3)29(17,39)22(16-34)32-31-11-4-12-33-24(37)7-8-25(33)38/h7-10,14,17,20-21,23,31,34,36,39H,4-6,11-13,15-16H2,1-3H3/b32-22-/t17-,20+,21+,23+,26+,27+,28+,29+/m1/s1. The quantitative estimate of drug-likeness (QED) is 0.166. The third kappa shape index (κ3) is 3.74. The number of hydrazone groups is 1. The van der Waals surface area contributed by atoms with Crippen LogP contribution in [0.4, 0.5) is 4.39 Å². The molecular formula is C29H38FN3O6. The molecule has 0 saturated heterocycles. The molecule has 0 aromatic rings. The largest absolute Gasteiger partial charge is 0.390 e. The van der Waals surface area contributed by atoms with E-state index in [0.717, 1.165) is 4.90 Å². The lowest BCUT2D eigenvalue weighted by Gasteiger charge is -2.62. The van der Waals surface area contributed by atoms with Crippen molar-refractivity contribution in [1.29, 1.82) is 0 Å². The zero-order valence-electron chi connectivity index (χ0n) is 22.7. The Hall–Kier alpha value is -2.69. The molecule has 0 unspecified atom stereocenters. The molecular weight excluding hydrogens is 505 g/mol. The van der Waals surface area contributed by atoms with Gasteiger partial charge in [0.25, 0.3) is 11.8 Å². The van der Waals surface area contributed by atoms with Crippen LogP contribution in [0.25, 0.3) is 0 Å². The number of allylic oxidation sites excluding steroid dienone is 4. The van der Waals surface area contributed by atoms with E-state index in [1.807, 2.05) is 13.8 Å². The predicted octanol–water partition coefficient (Wildman–Crippen LogP) is 1.59. The first-order valence-corrected chi connectivity index (χ1v) is 13.8. The van der Waals surface area contributed by atoms with Gasteiger partial charge in [-0.25, -0.2) is 4.39 Å². The van der Waals surface area contributed by atoms with Gasteiger partial charge in [-0.1, -0.05) is 25.5 Å². The van der Waals surface area contributed by atoms with Crippen molar-refractivity contribution in [2.75, 3.05) is 19.7 Å². The number of nitrogens with one attached hydrogen (secondary N) is 1. The van der Waals surface area contributed by atoms with Crippen LogP contribution in [0.1, 0.15) is 52.9 Å². The number of aliphatic hydroxyl groups is 3. The number of ketones is 1. The van der Waals surface area contributed by atoms with E-state index in [4.69, 9.17) is 0 Å². The molecule has 212 valence electrons. The summed E-state index contributed by atoms with van der Waals surface area (Å²) in [5.74, 6) is -2.10. The van der Waals surface area contributed by atoms with E-state index in [0.29, 0.717) is 37.8 Å². The zero-order valence-corrected chi connectivity index (χ0v) is 22.7. The number of carbonyl (C=O) groups excluding carboxylic acids is 3. The summed E-state index contributed by atoms with van der Waals surface area (Å²) < 4.78 is 17.3. The van der Waals surface area contributed by atoms with Crippen LogP contribution in [0.15, 0.2) is 41.1 Å². The van der Waals surface area contributed by atoms with E-state index in [2.05, 4.69) is 10.5 Å². The van der Waals surface area contributed by atoms with Gasteiger partial charge in [-0.2, -0.15) is 5.10 Å². The smallest absolute Gasteiger partial charge is 0.253 e. The topological polar surface area (TPSA) is 140 Å². The van der Waals surface area contributed by atoms with Crippen LogP contribution in [-0.2, 0) is 14.4 Å². The van der Waals surface area contributed by atoms with E-state index in [1.54, 1.807) is 13.0 Å². The molecule has 39 heavy (non-hydrogen) atoms. The number of carbonyl (C=O) groups is 3. The summed E-state index contributed by atoms with van der Waals surface area (Å²) in [6, 6.07) is 0. The molecule has 8 atom stereocenters. The lowest BCUT2D eigenvalue weighted by atomic mass is 9.44. The second-order valence-electron chi connectivity index (χ2n) is 12.3. The summed E-state index contributed by atoms with van der Waals surface area (Å²) in [6.07, 6.45) is 7.43. The van der Waals surface area contributed by atoms with Gasteiger partial charge in [-0.15, -0.1) is 0 Å². The lowest BCUT2D eigenvalue weighted by molar-refractivity contribution is -0.209. The van der Waals surface area contributed by atoms with E-state index in [9.17, 15) is 29.7 Å². The van der Waals surface area contributed by atoms with Crippen molar-refractivity contribution in [3.63, 3.8) is 0 Å². The van der Waals surface area contributed by atoms with Crippen LogP contribution in [0.5, 0.6) is 0 Å². The first kappa shape index (κ1) is 27.9. The van der Waals surface area contributed by atoms with Crippen LogP contribution in [-0.4, -0.2) is 80.6 Å². The molecule has 1 heterocycles.